The molecule has 0 aliphatic heterocycles. The molecule has 1 saturated carbocycles. The Kier molecular flexibility index (Phi) is 2.81. The molecule has 0 spiro atoms. The van der Waals surface area contributed by atoms with Gasteiger partial charge in [0, 0.05) is 12.5 Å². The highest BCUT2D eigenvalue weighted by atomic mass is 16.4. The van der Waals surface area contributed by atoms with Gasteiger partial charge in [-0.1, -0.05) is 31.4 Å². The molecule has 1 heterocycles. The molecule has 4 nitrogen and oxygen atoms in total. The van der Waals surface area contributed by atoms with Crippen LogP contribution in [0.1, 0.15) is 43.6 Å². The first kappa shape index (κ1) is 12.2. The predicted molar refractivity (Wildman–Crippen MR) is 71.1 cm³/mol. The largest absolute Gasteiger partial charge is 0.481 e. The lowest BCUT2D eigenvalue weighted by molar-refractivity contribution is -0.145. The molecule has 0 bridgehead atoms. The van der Waals surface area contributed by atoms with Crippen LogP contribution in [0.3, 0.4) is 0 Å². The van der Waals surface area contributed by atoms with E-state index in [1.165, 1.54) is 0 Å². The van der Waals surface area contributed by atoms with Crippen LogP contribution in [-0.4, -0.2) is 16.1 Å². The fourth-order valence-corrected chi connectivity index (χ4v) is 3.19. The third kappa shape index (κ3) is 1.82. The summed E-state index contributed by atoms with van der Waals surface area (Å²) in [5.41, 5.74) is 1.38. The number of aromatic nitrogens is 1. The number of nitrogens with zero attached hydrogens (tertiary/aromatic N) is 1. The number of oxazole rings is 1. The van der Waals surface area contributed by atoms with Crippen molar-refractivity contribution in [3.63, 3.8) is 0 Å². The Hall–Kier alpha value is -1.84. The summed E-state index contributed by atoms with van der Waals surface area (Å²) in [7, 11) is 0. The van der Waals surface area contributed by atoms with Crippen molar-refractivity contribution in [2.75, 3.05) is 0 Å². The molecule has 1 N–H and O–H groups in total. The molecule has 0 radical (unpaired) electrons. The van der Waals surface area contributed by atoms with Crippen LogP contribution in [0.25, 0.3) is 11.1 Å². The lowest BCUT2D eigenvalue weighted by Crippen LogP contribution is -2.37. The Balaban J connectivity index is 2.22. The fourth-order valence-electron chi connectivity index (χ4n) is 3.19. The lowest BCUT2D eigenvalue weighted by Gasteiger charge is -2.33. The minimum absolute atomic E-state index is 0.582. The molecule has 0 saturated heterocycles. The topological polar surface area (TPSA) is 63.3 Å². The number of fused-ring (bicyclic) bond motifs is 1. The molecule has 4 heteroatoms. The van der Waals surface area contributed by atoms with E-state index in [0.29, 0.717) is 24.3 Å². The summed E-state index contributed by atoms with van der Waals surface area (Å²) >= 11 is 0. The second-order valence-corrected chi connectivity index (χ2v) is 5.33. The number of aliphatic carboxylic acids is 1. The van der Waals surface area contributed by atoms with E-state index in [9.17, 15) is 9.90 Å². The number of hydrogen-bond donors (Lipinski definition) is 1. The van der Waals surface area contributed by atoms with Gasteiger partial charge in [0.2, 0.25) is 0 Å². The standard InChI is InChI=1S/C15H17NO3/c1-10-16-12-7-5-6-11(13(12)19-10)15(14(17)18)8-3-2-4-9-15/h5-7H,2-4,8-9H2,1H3,(H,17,18). The quantitative estimate of drug-likeness (QED) is 0.897. The van der Waals surface area contributed by atoms with Crippen molar-refractivity contribution < 1.29 is 14.3 Å². The van der Waals surface area contributed by atoms with E-state index >= 15 is 0 Å². The molecule has 1 aromatic carbocycles. The molecule has 1 aliphatic rings. The highest BCUT2D eigenvalue weighted by molar-refractivity contribution is 5.88. The number of carbonyl (C=O) groups is 1. The summed E-state index contributed by atoms with van der Waals surface area (Å²) in [5, 5.41) is 9.75. The summed E-state index contributed by atoms with van der Waals surface area (Å²) < 4.78 is 5.65. The Morgan fingerprint density at radius 1 is 1.32 bits per heavy atom. The molecular formula is C15H17NO3. The highest BCUT2D eigenvalue weighted by Gasteiger charge is 2.43. The van der Waals surface area contributed by atoms with Gasteiger partial charge >= 0.3 is 5.97 Å². The Labute approximate surface area is 111 Å². The van der Waals surface area contributed by atoms with Crippen molar-refractivity contribution in [2.45, 2.75) is 44.4 Å². The van der Waals surface area contributed by atoms with E-state index in [0.717, 1.165) is 30.3 Å². The Bertz CT molecular complexity index is 623. The van der Waals surface area contributed by atoms with Crippen molar-refractivity contribution in [3.05, 3.63) is 29.7 Å². The zero-order chi connectivity index (χ0) is 13.5. The van der Waals surface area contributed by atoms with Crippen molar-refractivity contribution in [1.29, 1.82) is 0 Å². The predicted octanol–water partition coefficient (Wildman–Crippen LogP) is 3.42. The normalized spacial score (nSPS) is 18.6. The van der Waals surface area contributed by atoms with Crippen molar-refractivity contribution in [2.24, 2.45) is 0 Å². The van der Waals surface area contributed by atoms with E-state index in [4.69, 9.17) is 4.42 Å². The molecule has 100 valence electrons. The number of para-hydroxylation sites is 1. The molecule has 0 atom stereocenters. The van der Waals surface area contributed by atoms with Crippen molar-refractivity contribution in [1.82, 2.24) is 4.98 Å². The summed E-state index contributed by atoms with van der Waals surface area (Å²) in [6, 6.07) is 5.62. The van der Waals surface area contributed by atoms with Crippen LogP contribution in [-0.2, 0) is 10.2 Å². The van der Waals surface area contributed by atoms with Crippen LogP contribution >= 0.6 is 0 Å². The maximum Gasteiger partial charge on any atom is 0.314 e. The monoisotopic (exact) mass is 259 g/mol. The number of benzene rings is 1. The number of carboxylic acid groups (broad SMARTS) is 1. The second kappa shape index (κ2) is 4.37. The first-order chi connectivity index (χ1) is 9.13. The molecule has 1 aromatic heterocycles. The number of carboxylic acids is 1. The zero-order valence-electron chi connectivity index (χ0n) is 11.0. The molecule has 19 heavy (non-hydrogen) atoms. The third-order valence-corrected chi connectivity index (χ3v) is 4.15. The Morgan fingerprint density at radius 3 is 2.74 bits per heavy atom. The zero-order valence-corrected chi connectivity index (χ0v) is 11.0. The SMILES string of the molecule is Cc1nc2cccc(C3(C(=O)O)CCCCC3)c2o1. The molecule has 3 rings (SSSR count). The summed E-state index contributed by atoms with van der Waals surface area (Å²) in [6.45, 7) is 1.79. The van der Waals surface area contributed by atoms with E-state index in [-0.39, 0.29) is 0 Å². The van der Waals surface area contributed by atoms with Crippen LogP contribution in [0, 0.1) is 6.92 Å². The van der Waals surface area contributed by atoms with Gasteiger partial charge in [-0.05, 0) is 18.9 Å². The minimum atomic E-state index is -0.802. The molecule has 2 aromatic rings. The number of aryl methyl sites for hydroxylation is 1. The fraction of sp³-hybridized carbons (Fsp3) is 0.467. The van der Waals surface area contributed by atoms with Gasteiger partial charge in [-0.25, -0.2) is 4.98 Å². The molecule has 1 fully saturated rings. The summed E-state index contributed by atoms with van der Waals surface area (Å²) in [4.78, 5) is 16.2. The summed E-state index contributed by atoms with van der Waals surface area (Å²) in [6.07, 6.45) is 4.38. The Morgan fingerprint density at radius 2 is 2.05 bits per heavy atom. The van der Waals surface area contributed by atoms with Crippen LogP contribution in [0.15, 0.2) is 22.6 Å². The third-order valence-electron chi connectivity index (χ3n) is 4.15. The molecule has 0 unspecified atom stereocenters. The van der Waals surface area contributed by atoms with Gasteiger partial charge in [0.15, 0.2) is 11.5 Å². The highest BCUT2D eigenvalue weighted by Crippen LogP contribution is 2.42. The van der Waals surface area contributed by atoms with Crippen LogP contribution in [0.5, 0.6) is 0 Å². The van der Waals surface area contributed by atoms with Gasteiger partial charge in [0.25, 0.3) is 0 Å². The van der Waals surface area contributed by atoms with Gasteiger partial charge in [-0.2, -0.15) is 0 Å². The maximum absolute atomic E-state index is 11.9. The van der Waals surface area contributed by atoms with Crippen molar-refractivity contribution >= 4 is 17.1 Å². The van der Waals surface area contributed by atoms with Gasteiger partial charge in [-0.3, -0.25) is 4.79 Å². The molecule has 0 amide bonds. The van der Waals surface area contributed by atoms with Crippen LogP contribution in [0.2, 0.25) is 0 Å². The first-order valence-corrected chi connectivity index (χ1v) is 6.73. The average Bonchev–Trinajstić information content (AvgIpc) is 2.79. The van der Waals surface area contributed by atoms with Crippen LogP contribution < -0.4 is 0 Å². The average molecular weight is 259 g/mol. The minimum Gasteiger partial charge on any atom is -0.481 e. The van der Waals surface area contributed by atoms with E-state index in [1.54, 1.807) is 6.92 Å². The molecule has 1 aliphatic carbocycles. The van der Waals surface area contributed by atoms with Gasteiger partial charge in [0.1, 0.15) is 5.52 Å². The smallest absolute Gasteiger partial charge is 0.314 e. The second-order valence-electron chi connectivity index (χ2n) is 5.33. The van der Waals surface area contributed by atoms with Crippen molar-refractivity contribution in [3.8, 4) is 0 Å². The molecular weight excluding hydrogens is 242 g/mol. The van der Waals surface area contributed by atoms with Gasteiger partial charge < -0.3 is 9.52 Å². The number of rotatable bonds is 2. The maximum atomic E-state index is 11.9. The lowest BCUT2D eigenvalue weighted by atomic mass is 9.69. The first-order valence-electron chi connectivity index (χ1n) is 6.73. The van der Waals surface area contributed by atoms with Crippen LogP contribution in [0.4, 0.5) is 0 Å². The number of hydrogen-bond acceptors (Lipinski definition) is 3. The van der Waals surface area contributed by atoms with Gasteiger partial charge in [0.05, 0.1) is 5.41 Å². The summed E-state index contributed by atoms with van der Waals surface area (Å²) in [5.74, 6) is -0.160. The van der Waals surface area contributed by atoms with E-state index in [2.05, 4.69) is 4.98 Å². The van der Waals surface area contributed by atoms with E-state index < -0.39 is 11.4 Å². The van der Waals surface area contributed by atoms with Gasteiger partial charge in [-0.15, -0.1) is 0 Å². The van der Waals surface area contributed by atoms with E-state index in [1.807, 2.05) is 18.2 Å².